The summed E-state index contributed by atoms with van der Waals surface area (Å²) in [6.07, 6.45) is 17.7. The first kappa shape index (κ1) is 99.1. The van der Waals surface area contributed by atoms with Gasteiger partial charge in [-0.15, -0.1) is 23.2 Å². The second-order valence-electron chi connectivity index (χ2n) is 33.8. The van der Waals surface area contributed by atoms with Gasteiger partial charge >= 0.3 is 0 Å². The maximum atomic E-state index is 13.9. The molecule has 16 rings (SSSR count). The number of alkyl halides is 14. The number of hydrogen-bond donors (Lipinski definition) is 0. The highest BCUT2D eigenvalue weighted by molar-refractivity contribution is 9.11. The van der Waals surface area contributed by atoms with Crippen LogP contribution in [0.25, 0.3) is 9.69 Å². The van der Waals surface area contributed by atoms with Gasteiger partial charge < -0.3 is 0 Å². The van der Waals surface area contributed by atoms with Crippen LogP contribution in [-0.2, 0) is 28.8 Å². The fraction of sp³-hybridized carbons (Fsp3) is 0.518. The Hall–Kier alpha value is -8.46. The Balaban J connectivity index is 0.000000148. The molecule has 26 nitrogen and oxygen atoms in total. The number of carbonyl (C=O) groups is 6. The van der Waals surface area contributed by atoms with Gasteiger partial charge in [-0.3, -0.25) is 78.7 Å². The van der Waals surface area contributed by atoms with Gasteiger partial charge in [0.2, 0.25) is 11.4 Å². The van der Waals surface area contributed by atoms with Gasteiger partial charge in [0.25, 0.3) is 72.5 Å². The van der Waals surface area contributed by atoms with E-state index in [1.165, 1.54) is 72.6 Å². The average molecular weight is 2080 g/mol. The van der Waals surface area contributed by atoms with E-state index in [1.54, 1.807) is 106 Å². The van der Waals surface area contributed by atoms with Crippen LogP contribution in [-0.4, -0.2) is 229 Å². The third kappa shape index (κ3) is 19.7. The lowest BCUT2D eigenvalue weighted by atomic mass is 9.83. The Bertz CT molecular complexity index is 5260. The van der Waals surface area contributed by atoms with E-state index in [0.29, 0.717) is 75.7 Å². The Kier molecular flexibility index (Phi) is 30.4. The minimum atomic E-state index is -3.26. The highest BCUT2D eigenvalue weighted by atomic mass is 79.9. The fourth-order valence-corrected chi connectivity index (χ4v) is 18.3. The number of aromatic nitrogens is 6. The highest BCUT2D eigenvalue weighted by Gasteiger charge is 2.66. The number of pyridine rings is 6. The summed E-state index contributed by atoms with van der Waals surface area (Å²) in [7, 11) is 0. The van der Waals surface area contributed by atoms with Crippen LogP contribution in [0.3, 0.4) is 0 Å². The largest absolute Gasteiger partial charge is 0.276 e. The molecule has 6 aromatic rings. The molecular weight excluding hydrogens is 1990 g/mol. The van der Waals surface area contributed by atoms with Gasteiger partial charge in [-0.05, 0) is 201 Å². The summed E-state index contributed by atoms with van der Waals surface area (Å²) in [6, 6.07) is 8.72. The van der Waals surface area contributed by atoms with Crippen molar-refractivity contribution in [2.45, 2.75) is 174 Å². The predicted molar refractivity (Wildman–Crippen MR) is 457 cm³/mol. The smallest absolute Gasteiger partial charge is 0.260 e. The maximum Gasteiger partial charge on any atom is 0.260 e. The number of carbonyl (C=O) groups excluding carboxylic acids is 6. The third-order valence-electron chi connectivity index (χ3n) is 24.7. The second-order valence-corrected chi connectivity index (χ2v) is 38.0. The van der Waals surface area contributed by atoms with Gasteiger partial charge in [0.15, 0.2) is 0 Å². The number of nitrogens with zero attached hydrogens (tertiary/aromatic N) is 20. The summed E-state index contributed by atoms with van der Waals surface area (Å²) < 4.78 is 165. The third-order valence-corrected chi connectivity index (χ3v) is 27.5. The summed E-state index contributed by atoms with van der Waals surface area (Å²) in [5.74, 6) is -14.0. The summed E-state index contributed by atoms with van der Waals surface area (Å²) in [5.41, 5.74) is -5.22. The van der Waals surface area contributed by atoms with E-state index in [0.717, 1.165) is 96.3 Å². The van der Waals surface area contributed by atoms with Crippen molar-refractivity contribution in [2.75, 3.05) is 64.1 Å². The first-order chi connectivity index (χ1) is 59.5. The molecule has 0 radical (unpaired) electrons. The van der Waals surface area contributed by atoms with Crippen LogP contribution < -0.4 is 0 Å². The lowest BCUT2D eigenvalue weighted by Crippen LogP contribution is -2.51. The zero-order valence-corrected chi connectivity index (χ0v) is 77.6. The van der Waals surface area contributed by atoms with Crippen LogP contribution in [0, 0.1) is 45.6 Å². The number of amides is 6. The van der Waals surface area contributed by atoms with Crippen LogP contribution in [0.5, 0.6) is 0 Å². The van der Waals surface area contributed by atoms with Gasteiger partial charge in [0.05, 0.1) is 49.4 Å². The van der Waals surface area contributed by atoms with E-state index in [9.17, 15) is 81.5 Å². The van der Waals surface area contributed by atoms with Crippen LogP contribution in [0.4, 0.5) is 64.1 Å². The van der Waals surface area contributed by atoms with Crippen molar-refractivity contribution in [3.63, 3.8) is 0 Å². The van der Waals surface area contributed by atoms with E-state index >= 15 is 0 Å². The maximum absolute atomic E-state index is 13.9. The Labute approximate surface area is 768 Å². The molecule has 0 bridgehead atoms. The molecule has 0 N–H and O–H groups in total. The van der Waals surface area contributed by atoms with E-state index < -0.39 is 129 Å². The molecule has 8 saturated heterocycles. The molecule has 10 aliphatic heterocycles. The number of hydrogen-bond acceptors (Lipinski definition) is 18. The van der Waals surface area contributed by atoms with E-state index in [-0.39, 0.29) is 50.3 Å². The average Bonchev–Trinajstić information content (AvgIpc) is 1.65. The molecule has 8 fully saturated rings. The minimum Gasteiger partial charge on any atom is -0.276 e. The Morgan fingerprint density at radius 2 is 0.717 bits per heavy atom. The molecule has 0 aliphatic carbocycles. The molecule has 0 aromatic carbocycles. The van der Waals surface area contributed by atoms with E-state index in [4.69, 9.17) is 36.3 Å². The van der Waals surface area contributed by atoms with Gasteiger partial charge in [-0.2, -0.15) is 10.2 Å². The molecule has 0 spiro atoms. The molecule has 682 valence electrons. The van der Waals surface area contributed by atoms with Gasteiger partial charge in [-0.1, -0.05) is 0 Å². The summed E-state index contributed by atoms with van der Waals surface area (Å²) in [4.78, 5) is 106. The van der Waals surface area contributed by atoms with Gasteiger partial charge in [0, 0.05) is 202 Å². The molecule has 44 heteroatoms. The van der Waals surface area contributed by atoms with Crippen LogP contribution >= 0.6 is 86.9 Å². The molecule has 6 aromatic heterocycles. The van der Waals surface area contributed by atoms with Crippen molar-refractivity contribution < 1.29 is 81.5 Å². The zero-order valence-electron chi connectivity index (χ0n) is 69.8. The number of hydrazine groups is 4. The quantitative estimate of drug-likeness (QED) is 0.0496. The molecule has 16 heterocycles. The minimum absolute atomic E-state index is 0.0156. The van der Waals surface area contributed by atoms with Crippen molar-refractivity contribution in [3.8, 4) is 0 Å². The van der Waals surface area contributed by atoms with Gasteiger partial charge in [-0.25, -0.2) is 92.4 Å². The predicted octanol–water partition coefficient (Wildman–Crippen LogP) is 18.5. The Morgan fingerprint density at radius 3 is 0.984 bits per heavy atom. The summed E-state index contributed by atoms with van der Waals surface area (Å²) in [5, 5.41) is 22.8. The number of halogens is 18. The van der Waals surface area contributed by atoms with Crippen molar-refractivity contribution in [2.24, 2.45) is 42.7 Å². The molecule has 6 amide bonds. The van der Waals surface area contributed by atoms with Crippen LogP contribution in [0.2, 0.25) is 0 Å². The molecule has 12 atom stereocenters. The zero-order chi connectivity index (χ0) is 93.4. The topological polar surface area (TPSA) is 246 Å². The van der Waals surface area contributed by atoms with Gasteiger partial charge in [0.1, 0.15) is 32.5 Å². The number of fused-ring (bicyclic) bond motifs is 4. The Morgan fingerprint density at radius 1 is 0.433 bits per heavy atom. The van der Waals surface area contributed by atoms with Crippen molar-refractivity contribution >= 4 is 146 Å². The summed E-state index contributed by atoms with van der Waals surface area (Å²) in [6.45, 7) is 26.5. The monoisotopic (exact) mass is 2070 g/mol. The van der Waals surface area contributed by atoms with Crippen molar-refractivity contribution in [1.29, 1.82) is 0 Å². The second kappa shape index (κ2) is 38.9. The first-order valence-corrected chi connectivity index (χ1v) is 44.0. The molecule has 10 aliphatic rings. The van der Waals surface area contributed by atoms with Crippen LogP contribution in [0.1, 0.15) is 170 Å². The molecule has 0 saturated carbocycles. The number of hydrazone groups is 2. The highest BCUT2D eigenvalue weighted by Crippen LogP contribution is 2.53. The molecular formula is C83H88Br4Cl2F12N20O6. The first-order valence-electron chi connectivity index (χ1n) is 39.8. The summed E-state index contributed by atoms with van der Waals surface area (Å²) >= 11 is 24.6. The molecule has 12 unspecified atom stereocenters. The molecule has 127 heavy (non-hydrogen) atoms. The van der Waals surface area contributed by atoms with Crippen molar-refractivity contribution in [3.05, 3.63) is 185 Å². The number of rotatable bonds is 16. The lowest BCUT2D eigenvalue weighted by molar-refractivity contribution is -0.164. The SMILES string of the molecule is CC(CCl)(C(=O)N1N=CCC1c1cncc(Br)c1)C(F)F.CC(F)(F)C(C)(CCl)C(=O)N1N=CCC1c1cncc(Br)c1.CC(F)(F)C1(C)CN2CCC(c3cncc(Br)c3)N2C1=O.CC1(C(F)F)CN2CCC(c3cncc(Br)c3)N2C1=O.[C-]#[N+]c1cncc(C2CCN3CC(C)(C(C)(F)F)C(=O)N23)c1.[C-]#[N+]c1cncc(C2CCN3CC(C)(C(F)F)C(=O)N23)c1. The van der Waals surface area contributed by atoms with Crippen molar-refractivity contribution in [1.82, 2.24) is 80.0 Å². The van der Waals surface area contributed by atoms with Crippen LogP contribution in [0.15, 0.2) is 139 Å². The standard InChI is InChI=1S/C15H16F2N4O.C14H15BrClF2N3O.C14H16BrF2N3O.C14H14F2N4O.C13H13BrClF2N3O.C13H14BrF2N3O/c1-14(15(2,16)17)9-20-5-4-12(21(20)13(14)22)10-6-11(18-3)8-19-7-10;1-13(8-16,14(2,17)18)12(22)21-11(3-4-20-21)9-5-10(15)7-19-6-9;1-13(14(2,16)17)8-19-4-3-11(20(19)12(13)21)9-5-10(15)7-18-6-9;1-14(12(15)16)8-19-4-3-11(20(19)13(14)21)9-5-10(17-2)7-18-6-9;1-13(7-15,11(16)17)12(21)20-10(2-3-19-20)8-4-9(14)6-18-5-8;1-13(11(15)16)7-18-3-2-10(19(18)12(13)20)8-4-9(14)6-17-5-8/h6-8,12H,4-5,9H2,1-2H3;4-7,11H,3,8H2,1-2H3;5-7,11H,3-4,8H2,1-2H3;5-7,11-12H,3-4,8H2,1H3;3-6,10-11H,2,7H2,1H3;4-6,10-11H,2-3,7H2,1H3. The van der Waals surface area contributed by atoms with E-state index in [1.807, 2.05) is 12.1 Å². The lowest BCUT2D eigenvalue weighted by Gasteiger charge is -2.36. The van der Waals surface area contributed by atoms with E-state index in [2.05, 4.69) is 114 Å². The fourth-order valence-electron chi connectivity index (χ4n) is 16.2. The normalized spacial score (nSPS) is 26.6.